The lowest BCUT2D eigenvalue weighted by Gasteiger charge is -1.97. The van der Waals surface area contributed by atoms with Crippen molar-refractivity contribution in [1.82, 2.24) is 14.6 Å². The summed E-state index contributed by atoms with van der Waals surface area (Å²) in [6.45, 7) is 4.94. The molecule has 0 atom stereocenters. The van der Waals surface area contributed by atoms with Crippen LogP contribution in [0.1, 0.15) is 15.3 Å². The summed E-state index contributed by atoms with van der Waals surface area (Å²) in [5.41, 5.74) is 2.06. The number of aromatic nitrogens is 3. The second kappa shape index (κ2) is 4.42. The fourth-order valence-electron chi connectivity index (χ4n) is 1.80. The van der Waals surface area contributed by atoms with Crippen molar-refractivity contribution in [2.45, 2.75) is 20.4 Å². The van der Waals surface area contributed by atoms with E-state index >= 15 is 0 Å². The van der Waals surface area contributed by atoms with E-state index in [1.165, 1.54) is 15.3 Å². The van der Waals surface area contributed by atoms with Gasteiger partial charge in [-0.25, -0.2) is 4.52 Å². The third kappa shape index (κ3) is 2.22. The highest BCUT2D eigenvalue weighted by Gasteiger charge is 2.03. The van der Waals surface area contributed by atoms with Gasteiger partial charge in [-0.1, -0.05) is 0 Å². The van der Waals surface area contributed by atoms with Crippen LogP contribution in [0.5, 0.6) is 0 Å². The fraction of sp³-hybridized carbons (Fsp3) is 0.231. The Hall–Kier alpha value is -1.88. The number of thiophene rings is 1. The van der Waals surface area contributed by atoms with E-state index in [9.17, 15) is 0 Å². The molecule has 0 amide bonds. The zero-order valence-electron chi connectivity index (χ0n) is 10.3. The van der Waals surface area contributed by atoms with E-state index in [2.05, 4.69) is 41.4 Å². The molecule has 0 spiro atoms. The lowest BCUT2D eigenvalue weighted by molar-refractivity contribution is 0.949. The lowest BCUT2D eigenvalue weighted by atomic mass is 10.3. The maximum Gasteiger partial charge on any atom is 0.243 e. The van der Waals surface area contributed by atoms with E-state index in [1.807, 2.05) is 18.3 Å². The van der Waals surface area contributed by atoms with Gasteiger partial charge < -0.3 is 5.32 Å². The number of anilines is 1. The van der Waals surface area contributed by atoms with Gasteiger partial charge in [-0.2, -0.15) is 4.98 Å². The minimum absolute atomic E-state index is 0.673. The first-order chi connectivity index (χ1) is 8.70. The molecule has 92 valence electrons. The number of nitrogens with one attached hydrogen (secondary N) is 1. The minimum Gasteiger partial charge on any atom is -0.348 e. The molecule has 0 aromatic carbocycles. The SMILES string of the molecule is Cc1ccn2nc(NCc3ccc(C)s3)nc2c1. The molecule has 0 saturated carbocycles. The van der Waals surface area contributed by atoms with Crippen molar-refractivity contribution >= 4 is 22.9 Å². The van der Waals surface area contributed by atoms with Crippen molar-refractivity contribution < 1.29 is 0 Å². The van der Waals surface area contributed by atoms with Crippen LogP contribution < -0.4 is 5.32 Å². The van der Waals surface area contributed by atoms with E-state index in [1.54, 1.807) is 15.9 Å². The van der Waals surface area contributed by atoms with E-state index in [0.29, 0.717) is 5.95 Å². The van der Waals surface area contributed by atoms with Crippen molar-refractivity contribution in [2.24, 2.45) is 0 Å². The second-order valence-electron chi connectivity index (χ2n) is 4.31. The number of hydrogen-bond donors (Lipinski definition) is 1. The molecule has 3 rings (SSSR count). The predicted molar refractivity (Wildman–Crippen MR) is 74.1 cm³/mol. The largest absolute Gasteiger partial charge is 0.348 e. The molecule has 0 unspecified atom stereocenters. The van der Waals surface area contributed by atoms with Crippen LogP contribution in [-0.4, -0.2) is 14.6 Å². The number of fused-ring (bicyclic) bond motifs is 1. The molecule has 3 aromatic rings. The van der Waals surface area contributed by atoms with Gasteiger partial charge in [0.05, 0.1) is 6.54 Å². The first kappa shape index (κ1) is 11.2. The Balaban J connectivity index is 1.78. The van der Waals surface area contributed by atoms with Crippen LogP contribution in [0.2, 0.25) is 0 Å². The Morgan fingerprint density at radius 1 is 1.28 bits per heavy atom. The molecule has 1 N–H and O–H groups in total. The molecule has 0 saturated heterocycles. The van der Waals surface area contributed by atoms with Gasteiger partial charge >= 0.3 is 0 Å². The van der Waals surface area contributed by atoms with Crippen LogP contribution in [0.15, 0.2) is 30.5 Å². The van der Waals surface area contributed by atoms with Crippen molar-refractivity contribution in [1.29, 1.82) is 0 Å². The molecule has 0 aliphatic rings. The minimum atomic E-state index is 0.673. The van der Waals surface area contributed by atoms with Gasteiger partial charge in [0.25, 0.3) is 0 Å². The molecule has 0 aliphatic carbocycles. The summed E-state index contributed by atoms with van der Waals surface area (Å²) in [4.78, 5) is 7.06. The normalized spacial score (nSPS) is 11.0. The molecule has 4 nitrogen and oxygen atoms in total. The molecule has 0 radical (unpaired) electrons. The van der Waals surface area contributed by atoms with Crippen LogP contribution in [0.3, 0.4) is 0 Å². The van der Waals surface area contributed by atoms with Gasteiger partial charge in [0, 0.05) is 16.0 Å². The summed E-state index contributed by atoms with van der Waals surface area (Å²) < 4.78 is 1.79. The summed E-state index contributed by atoms with van der Waals surface area (Å²) >= 11 is 1.79. The third-order valence-electron chi connectivity index (χ3n) is 2.71. The average Bonchev–Trinajstić information content (AvgIpc) is 2.92. The standard InChI is InChI=1S/C13H14N4S/c1-9-5-6-17-12(7-9)15-13(16-17)14-8-11-4-3-10(2)18-11/h3-7H,8H2,1-2H3,(H,14,16). The molecule has 3 aromatic heterocycles. The Morgan fingerprint density at radius 2 is 2.17 bits per heavy atom. The zero-order valence-corrected chi connectivity index (χ0v) is 11.2. The number of nitrogens with zero attached hydrogens (tertiary/aromatic N) is 3. The van der Waals surface area contributed by atoms with Crippen LogP contribution in [0.4, 0.5) is 5.95 Å². The highest BCUT2D eigenvalue weighted by molar-refractivity contribution is 7.11. The summed E-state index contributed by atoms with van der Waals surface area (Å²) in [6, 6.07) is 8.30. The van der Waals surface area contributed by atoms with E-state index < -0.39 is 0 Å². The second-order valence-corrected chi connectivity index (χ2v) is 5.68. The Morgan fingerprint density at radius 3 is 2.94 bits per heavy atom. The first-order valence-electron chi connectivity index (χ1n) is 5.83. The molecule has 5 heteroatoms. The van der Waals surface area contributed by atoms with Crippen LogP contribution >= 0.6 is 11.3 Å². The van der Waals surface area contributed by atoms with Gasteiger partial charge in [0.1, 0.15) is 0 Å². The quantitative estimate of drug-likeness (QED) is 0.785. The van der Waals surface area contributed by atoms with E-state index in [-0.39, 0.29) is 0 Å². The summed E-state index contributed by atoms with van der Waals surface area (Å²) in [6.07, 6.45) is 1.93. The number of aryl methyl sites for hydroxylation is 2. The summed E-state index contributed by atoms with van der Waals surface area (Å²) in [5, 5.41) is 7.63. The zero-order chi connectivity index (χ0) is 12.5. The van der Waals surface area contributed by atoms with Crippen LogP contribution in [0.25, 0.3) is 5.65 Å². The lowest BCUT2D eigenvalue weighted by Crippen LogP contribution is -1.99. The van der Waals surface area contributed by atoms with Gasteiger partial charge in [-0.15, -0.1) is 16.4 Å². The van der Waals surface area contributed by atoms with E-state index in [4.69, 9.17) is 0 Å². The molecular formula is C13H14N4S. The molecule has 0 fully saturated rings. The molecule has 0 aliphatic heterocycles. The maximum absolute atomic E-state index is 4.44. The Kier molecular flexibility index (Phi) is 2.76. The van der Waals surface area contributed by atoms with Gasteiger partial charge in [0.15, 0.2) is 5.65 Å². The highest BCUT2D eigenvalue weighted by Crippen LogP contribution is 2.16. The monoisotopic (exact) mass is 258 g/mol. The smallest absolute Gasteiger partial charge is 0.243 e. The van der Waals surface area contributed by atoms with Gasteiger partial charge in [-0.05, 0) is 43.7 Å². The predicted octanol–water partition coefficient (Wildman–Crippen LogP) is 3.02. The Labute approximate surface area is 109 Å². The summed E-state index contributed by atoms with van der Waals surface area (Å²) in [7, 11) is 0. The van der Waals surface area contributed by atoms with Crippen molar-refractivity contribution in [3.63, 3.8) is 0 Å². The van der Waals surface area contributed by atoms with Gasteiger partial charge in [0.2, 0.25) is 5.95 Å². The Bertz CT molecular complexity index is 683. The van der Waals surface area contributed by atoms with Crippen molar-refractivity contribution in [3.05, 3.63) is 45.8 Å². The maximum atomic E-state index is 4.44. The third-order valence-corrected chi connectivity index (χ3v) is 3.71. The van der Waals surface area contributed by atoms with Crippen LogP contribution in [0, 0.1) is 13.8 Å². The van der Waals surface area contributed by atoms with Crippen LogP contribution in [-0.2, 0) is 6.54 Å². The van der Waals surface area contributed by atoms with Crippen molar-refractivity contribution in [2.75, 3.05) is 5.32 Å². The molecule has 18 heavy (non-hydrogen) atoms. The molecule has 0 bridgehead atoms. The molecule has 3 heterocycles. The molecular weight excluding hydrogens is 244 g/mol. The number of rotatable bonds is 3. The topological polar surface area (TPSA) is 42.2 Å². The highest BCUT2D eigenvalue weighted by atomic mass is 32.1. The van der Waals surface area contributed by atoms with Gasteiger partial charge in [-0.3, -0.25) is 0 Å². The fourth-order valence-corrected chi connectivity index (χ4v) is 2.63. The van der Waals surface area contributed by atoms with Crippen molar-refractivity contribution in [3.8, 4) is 0 Å². The average molecular weight is 258 g/mol. The number of pyridine rings is 1. The summed E-state index contributed by atoms with van der Waals surface area (Å²) in [5.74, 6) is 0.673. The number of hydrogen-bond acceptors (Lipinski definition) is 4. The first-order valence-corrected chi connectivity index (χ1v) is 6.64. The van der Waals surface area contributed by atoms with E-state index in [0.717, 1.165) is 12.2 Å².